The molecule has 2 aliphatic rings. The quantitative estimate of drug-likeness (QED) is 0.582. The number of carbonyl (C=O) groups excluding carboxylic acids is 2. The number of thioether (sulfide) groups is 1. The van der Waals surface area contributed by atoms with E-state index in [9.17, 15) is 22.8 Å². The number of hydrogen-bond acceptors (Lipinski definition) is 3. The number of nitrogens with zero attached hydrogens (tertiary/aromatic N) is 2. The van der Waals surface area contributed by atoms with Gasteiger partial charge in [0.15, 0.2) is 16.5 Å². The highest BCUT2D eigenvalue weighted by atomic mass is 32.2. The lowest BCUT2D eigenvalue weighted by atomic mass is 10.1. The van der Waals surface area contributed by atoms with Crippen LogP contribution in [0.1, 0.15) is 11.1 Å². The molecule has 0 radical (unpaired) electrons. The predicted molar refractivity (Wildman–Crippen MR) is 120 cm³/mol. The van der Waals surface area contributed by atoms with Crippen LogP contribution in [0.3, 0.4) is 0 Å². The van der Waals surface area contributed by atoms with E-state index in [0.717, 1.165) is 12.1 Å². The number of anilines is 2. The van der Waals surface area contributed by atoms with E-state index in [2.05, 4.69) is 5.32 Å². The standard InChI is InChI=1S/C24H18F3N3O2S/c25-16-6-8-17(9-7-16)28-23(32)30-11-12-33-24(30)18-3-1-2-4-21(18)29(22(24)31)14-15-5-10-19(26)20(27)13-15/h1-10,13H,11-12,14H2,(H,28,32). The van der Waals surface area contributed by atoms with Crippen LogP contribution in [0.2, 0.25) is 0 Å². The Bertz CT molecular complexity index is 1250. The summed E-state index contributed by atoms with van der Waals surface area (Å²) >= 11 is 1.35. The second kappa shape index (κ2) is 8.15. The van der Waals surface area contributed by atoms with E-state index < -0.39 is 28.4 Å². The molecule has 3 aromatic rings. The third-order valence-electron chi connectivity index (χ3n) is 5.77. The molecule has 5 nitrogen and oxygen atoms in total. The maximum Gasteiger partial charge on any atom is 0.323 e. The van der Waals surface area contributed by atoms with Crippen LogP contribution < -0.4 is 10.2 Å². The molecule has 1 fully saturated rings. The van der Waals surface area contributed by atoms with Crippen molar-refractivity contribution in [2.45, 2.75) is 11.4 Å². The molecule has 1 spiro atoms. The van der Waals surface area contributed by atoms with Gasteiger partial charge in [-0.15, -0.1) is 11.8 Å². The third-order valence-corrected chi connectivity index (χ3v) is 7.19. The number of hydrogen-bond donors (Lipinski definition) is 1. The second-order valence-electron chi connectivity index (χ2n) is 7.74. The summed E-state index contributed by atoms with van der Waals surface area (Å²) in [7, 11) is 0. The average molecular weight is 469 g/mol. The van der Waals surface area contributed by atoms with Gasteiger partial charge in [-0.1, -0.05) is 24.3 Å². The largest absolute Gasteiger partial charge is 0.323 e. The Kier molecular flexibility index (Phi) is 5.28. The smallest absolute Gasteiger partial charge is 0.308 e. The number of amides is 3. The maximum atomic E-state index is 13.8. The minimum Gasteiger partial charge on any atom is -0.308 e. The number of carbonyl (C=O) groups is 2. The number of halogens is 3. The Balaban J connectivity index is 1.49. The monoisotopic (exact) mass is 469 g/mol. The molecule has 9 heteroatoms. The summed E-state index contributed by atoms with van der Waals surface area (Å²) in [5, 5.41) is 2.74. The van der Waals surface area contributed by atoms with Gasteiger partial charge < -0.3 is 10.2 Å². The molecule has 1 atom stereocenters. The molecule has 1 N–H and O–H groups in total. The molecular formula is C24H18F3N3O2S. The normalized spacial score (nSPS) is 19.3. The van der Waals surface area contributed by atoms with Crippen molar-refractivity contribution in [3.05, 3.63) is 95.3 Å². The lowest BCUT2D eigenvalue weighted by Gasteiger charge is -2.33. The van der Waals surface area contributed by atoms with Crippen molar-refractivity contribution in [2.24, 2.45) is 0 Å². The number of nitrogens with one attached hydrogen (secondary N) is 1. The van der Waals surface area contributed by atoms with Crippen molar-refractivity contribution in [2.75, 3.05) is 22.5 Å². The first-order valence-corrected chi connectivity index (χ1v) is 11.2. The van der Waals surface area contributed by atoms with Gasteiger partial charge in [0.2, 0.25) is 0 Å². The molecule has 3 aromatic carbocycles. The summed E-state index contributed by atoms with van der Waals surface area (Å²) in [6.07, 6.45) is 0. The SMILES string of the molecule is O=C(Nc1ccc(F)cc1)N1CCSC12C(=O)N(Cc1ccc(F)c(F)c1)c1ccccc12. The highest BCUT2D eigenvalue weighted by molar-refractivity contribution is 8.01. The fourth-order valence-corrected chi connectivity index (χ4v) is 5.73. The topological polar surface area (TPSA) is 52.7 Å². The van der Waals surface area contributed by atoms with Crippen molar-refractivity contribution in [1.82, 2.24) is 4.90 Å². The zero-order chi connectivity index (χ0) is 23.2. The Labute approximate surface area is 192 Å². The van der Waals surface area contributed by atoms with Crippen LogP contribution in [0.25, 0.3) is 0 Å². The van der Waals surface area contributed by atoms with E-state index in [4.69, 9.17) is 0 Å². The molecule has 0 bridgehead atoms. The highest BCUT2D eigenvalue weighted by Crippen LogP contribution is 2.54. The fourth-order valence-electron chi connectivity index (χ4n) is 4.27. The summed E-state index contributed by atoms with van der Waals surface area (Å²) in [6.45, 7) is 0.361. The first kappa shape index (κ1) is 21.4. The zero-order valence-corrected chi connectivity index (χ0v) is 18.0. The van der Waals surface area contributed by atoms with Crippen LogP contribution in [-0.2, 0) is 16.2 Å². The van der Waals surface area contributed by atoms with Crippen LogP contribution in [0.15, 0.2) is 66.7 Å². The van der Waals surface area contributed by atoms with Gasteiger partial charge >= 0.3 is 6.03 Å². The lowest BCUT2D eigenvalue weighted by molar-refractivity contribution is -0.123. The number of para-hydroxylation sites is 1. The molecule has 1 unspecified atom stereocenters. The number of urea groups is 1. The highest BCUT2D eigenvalue weighted by Gasteiger charge is 2.59. The van der Waals surface area contributed by atoms with Gasteiger partial charge in [-0.3, -0.25) is 9.69 Å². The summed E-state index contributed by atoms with van der Waals surface area (Å²) in [6, 6.07) is 15.6. The molecule has 33 heavy (non-hydrogen) atoms. The van der Waals surface area contributed by atoms with Crippen molar-refractivity contribution in [3.63, 3.8) is 0 Å². The minimum absolute atomic E-state index is 0.0305. The Hall–Kier alpha value is -3.46. The van der Waals surface area contributed by atoms with E-state index in [0.29, 0.717) is 34.8 Å². The maximum absolute atomic E-state index is 13.8. The Morgan fingerprint density at radius 1 is 1.00 bits per heavy atom. The minimum atomic E-state index is -1.28. The number of benzene rings is 3. The van der Waals surface area contributed by atoms with Gasteiger partial charge in [0.1, 0.15) is 5.82 Å². The molecule has 0 saturated carbocycles. The van der Waals surface area contributed by atoms with E-state index in [1.807, 2.05) is 0 Å². The average Bonchev–Trinajstić information content (AvgIpc) is 3.35. The van der Waals surface area contributed by atoms with Crippen LogP contribution in [0.4, 0.5) is 29.3 Å². The lowest BCUT2D eigenvalue weighted by Crippen LogP contribution is -2.51. The van der Waals surface area contributed by atoms with Crippen LogP contribution in [-0.4, -0.2) is 29.1 Å². The molecule has 5 rings (SSSR count). The Morgan fingerprint density at radius 2 is 1.76 bits per heavy atom. The first-order chi connectivity index (χ1) is 15.9. The van der Waals surface area contributed by atoms with E-state index in [1.54, 1.807) is 24.3 Å². The number of rotatable bonds is 3. The van der Waals surface area contributed by atoms with Crippen molar-refractivity contribution < 1.29 is 22.8 Å². The van der Waals surface area contributed by atoms with Gasteiger partial charge in [0, 0.05) is 23.5 Å². The second-order valence-corrected chi connectivity index (χ2v) is 9.03. The molecule has 2 aliphatic heterocycles. The Morgan fingerprint density at radius 3 is 2.52 bits per heavy atom. The van der Waals surface area contributed by atoms with Gasteiger partial charge in [-0.2, -0.15) is 0 Å². The van der Waals surface area contributed by atoms with Gasteiger partial charge in [0.25, 0.3) is 5.91 Å². The van der Waals surface area contributed by atoms with Crippen molar-refractivity contribution in [1.29, 1.82) is 0 Å². The van der Waals surface area contributed by atoms with Gasteiger partial charge in [-0.25, -0.2) is 18.0 Å². The molecule has 1 saturated heterocycles. The molecular weight excluding hydrogens is 451 g/mol. The molecule has 168 valence electrons. The molecule has 0 aliphatic carbocycles. The zero-order valence-electron chi connectivity index (χ0n) is 17.2. The summed E-state index contributed by atoms with van der Waals surface area (Å²) < 4.78 is 40.4. The van der Waals surface area contributed by atoms with Crippen molar-refractivity contribution in [3.8, 4) is 0 Å². The predicted octanol–water partition coefficient (Wildman–Crippen LogP) is 5.08. The van der Waals surface area contributed by atoms with Crippen LogP contribution in [0, 0.1) is 17.5 Å². The molecule has 0 aromatic heterocycles. The number of fused-ring (bicyclic) bond motifs is 2. The molecule has 2 heterocycles. The van der Waals surface area contributed by atoms with Crippen LogP contribution in [0.5, 0.6) is 0 Å². The summed E-state index contributed by atoms with van der Waals surface area (Å²) in [5.41, 5.74) is 2.11. The van der Waals surface area contributed by atoms with E-state index >= 15 is 0 Å². The fraction of sp³-hybridized carbons (Fsp3) is 0.167. The summed E-state index contributed by atoms with van der Waals surface area (Å²) in [4.78, 5) is 28.7. The van der Waals surface area contributed by atoms with Crippen molar-refractivity contribution >= 4 is 35.1 Å². The summed E-state index contributed by atoms with van der Waals surface area (Å²) in [5.74, 6) is -2.16. The molecule has 3 amide bonds. The van der Waals surface area contributed by atoms with Crippen LogP contribution >= 0.6 is 11.8 Å². The first-order valence-electron chi connectivity index (χ1n) is 10.2. The third kappa shape index (κ3) is 3.52. The van der Waals surface area contributed by atoms with E-state index in [-0.39, 0.29) is 12.5 Å². The van der Waals surface area contributed by atoms with E-state index in [1.165, 1.54) is 51.9 Å². The van der Waals surface area contributed by atoms with Gasteiger partial charge in [0.05, 0.1) is 12.2 Å². The van der Waals surface area contributed by atoms with Gasteiger partial charge in [-0.05, 0) is 48.0 Å².